The number of allylic oxidation sites excluding steroid dienone is 1. The minimum atomic E-state index is -0.532. The van der Waals surface area contributed by atoms with E-state index in [0.717, 1.165) is 37.0 Å². The van der Waals surface area contributed by atoms with Crippen LogP contribution in [0.5, 0.6) is 0 Å². The molecule has 5 saturated carbocycles. The molecule has 5 rings (SSSR count). The lowest BCUT2D eigenvalue weighted by atomic mass is 9.48. The van der Waals surface area contributed by atoms with E-state index in [-0.39, 0.29) is 5.91 Å². The molecule has 0 atom stereocenters. The summed E-state index contributed by atoms with van der Waals surface area (Å²) in [5.41, 5.74) is 1.06. The second kappa shape index (κ2) is 5.10. The highest BCUT2D eigenvalue weighted by atomic mass is 16.2. The fourth-order valence-electron chi connectivity index (χ4n) is 6.27. The van der Waals surface area contributed by atoms with Crippen molar-refractivity contribution in [2.45, 2.75) is 70.3 Å². The van der Waals surface area contributed by atoms with Crippen molar-refractivity contribution in [3.8, 4) is 6.07 Å². The van der Waals surface area contributed by atoms with Crippen molar-refractivity contribution in [2.75, 3.05) is 7.05 Å². The van der Waals surface area contributed by atoms with Gasteiger partial charge in [0, 0.05) is 13.1 Å². The molecule has 5 fully saturated rings. The summed E-state index contributed by atoms with van der Waals surface area (Å²) in [7, 11) is 1.81. The summed E-state index contributed by atoms with van der Waals surface area (Å²) in [6.45, 7) is 2.18. The van der Waals surface area contributed by atoms with Crippen molar-refractivity contribution >= 4 is 5.91 Å². The van der Waals surface area contributed by atoms with Gasteiger partial charge in [0.2, 0.25) is 5.91 Å². The second-order valence-corrected chi connectivity index (χ2v) is 8.92. The van der Waals surface area contributed by atoms with Crippen LogP contribution in [0.1, 0.15) is 64.7 Å². The molecule has 5 aliphatic carbocycles. The first-order chi connectivity index (χ1) is 11.0. The van der Waals surface area contributed by atoms with Gasteiger partial charge in [-0.15, -0.1) is 0 Å². The van der Waals surface area contributed by atoms with Crippen LogP contribution in [0.4, 0.5) is 0 Å². The SMILES string of the molecule is CC(=CC(=O)N(C)C1(C#N)CCC1)C12CC3CC(CC(C3)C1)C2. The zero-order chi connectivity index (χ0) is 16.2. The average Bonchev–Trinajstić information content (AvgIpc) is 2.45. The van der Waals surface area contributed by atoms with E-state index >= 15 is 0 Å². The first-order valence-corrected chi connectivity index (χ1v) is 9.34. The molecule has 3 heteroatoms. The van der Waals surface area contributed by atoms with Crippen LogP contribution in [0.2, 0.25) is 0 Å². The molecule has 0 aliphatic heterocycles. The van der Waals surface area contributed by atoms with E-state index in [1.54, 1.807) is 4.90 Å². The van der Waals surface area contributed by atoms with Gasteiger partial charge in [-0.25, -0.2) is 0 Å². The summed E-state index contributed by atoms with van der Waals surface area (Å²) in [5, 5.41) is 9.46. The highest BCUT2D eigenvalue weighted by molar-refractivity contribution is 5.89. The quantitative estimate of drug-likeness (QED) is 0.738. The molecule has 0 unspecified atom stereocenters. The van der Waals surface area contributed by atoms with Gasteiger partial charge in [-0.05, 0) is 87.9 Å². The van der Waals surface area contributed by atoms with Gasteiger partial charge in [0.05, 0.1) is 6.07 Å². The van der Waals surface area contributed by atoms with Gasteiger partial charge in [0.25, 0.3) is 0 Å². The number of hydrogen-bond donors (Lipinski definition) is 0. The summed E-state index contributed by atoms with van der Waals surface area (Å²) >= 11 is 0. The van der Waals surface area contributed by atoms with Gasteiger partial charge in [-0.2, -0.15) is 5.26 Å². The zero-order valence-electron chi connectivity index (χ0n) is 14.5. The maximum atomic E-state index is 12.7. The molecular formula is C20H28N2O. The number of hydrogen-bond acceptors (Lipinski definition) is 2. The molecule has 124 valence electrons. The molecule has 0 aromatic carbocycles. The Morgan fingerprint density at radius 2 is 1.65 bits per heavy atom. The van der Waals surface area contributed by atoms with E-state index in [1.165, 1.54) is 44.1 Å². The topological polar surface area (TPSA) is 44.1 Å². The molecule has 4 bridgehead atoms. The Balaban J connectivity index is 1.54. The smallest absolute Gasteiger partial charge is 0.247 e. The van der Waals surface area contributed by atoms with Crippen LogP contribution in [0.3, 0.4) is 0 Å². The van der Waals surface area contributed by atoms with Crippen molar-refractivity contribution in [3.05, 3.63) is 11.6 Å². The minimum absolute atomic E-state index is 0.0412. The number of carbonyl (C=O) groups excluding carboxylic acids is 1. The Kier molecular flexibility index (Phi) is 3.38. The molecule has 0 saturated heterocycles. The van der Waals surface area contributed by atoms with Crippen LogP contribution >= 0.6 is 0 Å². The van der Waals surface area contributed by atoms with Crippen LogP contribution in [-0.4, -0.2) is 23.4 Å². The number of amides is 1. The maximum absolute atomic E-state index is 12.7. The van der Waals surface area contributed by atoms with E-state index < -0.39 is 5.54 Å². The summed E-state index contributed by atoms with van der Waals surface area (Å²) < 4.78 is 0. The number of likely N-dealkylation sites (N-methyl/N-ethyl adjacent to an activating group) is 1. The van der Waals surface area contributed by atoms with Crippen LogP contribution in [-0.2, 0) is 4.79 Å². The van der Waals surface area contributed by atoms with Crippen molar-refractivity contribution in [2.24, 2.45) is 23.2 Å². The fraction of sp³-hybridized carbons (Fsp3) is 0.800. The van der Waals surface area contributed by atoms with Crippen LogP contribution in [0, 0.1) is 34.5 Å². The Bertz CT molecular complexity index is 558. The van der Waals surface area contributed by atoms with E-state index in [9.17, 15) is 10.1 Å². The predicted molar refractivity (Wildman–Crippen MR) is 89.3 cm³/mol. The molecule has 0 aromatic rings. The van der Waals surface area contributed by atoms with Crippen LogP contribution in [0.15, 0.2) is 11.6 Å². The number of carbonyl (C=O) groups is 1. The Hall–Kier alpha value is -1.30. The van der Waals surface area contributed by atoms with Crippen molar-refractivity contribution in [1.29, 1.82) is 5.26 Å². The number of nitriles is 1. The third kappa shape index (κ3) is 2.25. The molecule has 0 heterocycles. The summed E-state index contributed by atoms with van der Waals surface area (Å²) in [6.07, 6.45) is 12.8. The first kappa shape index (κ1) is 15.2. The summed E-state index contributed by atoms with van der Waals surface area (Å²) in [6, 6.07) is 2.38. The van der Waals surface area contributed by atoms with Crippen LogP contribution < -0.4 is 0 Å². The number of nitrogens with zero attached hydrogens (tertiary/aromatic N) is 2. The van der Waals surface area contributed by atoms with Gasteiger partial charge < -0.3 is 4.90 Å². The van der Waals surface area contributed by atoms with Crippen molar-refractivity contribution in [3.63, 3.8) is 0 Å². The summed E-state index contributed by atoms with van der Waals surface area (Å²) in [5.74, 6) is 2.73. The number of rotatable bonds is 3. The van der Waals surface area contributed by atoms with Crippen molar-refractivity contribution < 1.29 is 4.79 Å². The Labute approximate surface area is 139 Å². The van der Waals surface area contributed by atoms with Gasteiger partial charge in [0.1, 0.15) is 5.54 Å². The standard InChI is InChI=1S/C20H28N2O/c1-14(6-18(23)22(2)20(13-21)4-3-5-20)19-10-15-7-16(11-19)9-17(8-15)12-19/h6,15-17H,3-5,7-12H2,1-2H3. The molecule has 0 spiro atoms. The van der Waals surface area contributed by atoms with Gasteiger partial charge >= 0.3 is 0 Å². The lowest BCUT2D eigenvalue weighted by Gasteiger charge is -2.57. The highest BCUT2D eigenvalue weighted by Gasteiger charge is 2.52. The second-order valence-electron chi connectivity index (χ2n) is 8.92. The molecule has 0 N–H and O–H groups in total. The zero-order valence-corrected chi connectivity index (χ0v) is 14.5. The normalized spacial score (nSPS) is 40.4. The Morgan fingerprint density at radius 1 is 1.13 bits per heavy atom. The van der Waals surface area contributed by atoms with Gasteiger partial charge in [-0.3, -0.25) is 4.79 Å². The third-order valence-electron chi connectivity index (χ3n) is 7.58. The molecule has 1 amide bonds. The first-order valence-electron chi connectivity index (χ1n) is 9.34. The van der Waals surface area contributed by atoms with E-state index in [4.69, 9.17) is 0 Å². The van der Waals surface area contributed by atoms with E-state index in [1.807, 2.05) is 13.1 Å². The van der Waals surface area contributed by atoms with Gasteiger partial charge in [-0.1, -0.05) is 5.57 Å². The predicted octanol–water partition coefficient (Wildman–Crippen LogP) is 4.05. The monoisotopic (exact) mass is 312 g/mol. The molecule has 0 radical (unpaired) electrons. The molecule has 3 nitrogen and oxygen atoms in total. The van der Waals surface area contributed by atoms with E-state index in [0.29, 0.717) is 5.41 Å². The maximum Gasteiger partial charge on any atom is 0.247 e. The lowest BCUT2D eigenvalue weighted by molar-refractivity contribution is -0.131. The fourth-order valence-corrected chi connectivity index (χ4v) is 6.27. The summed E-state index contributed by atoms with van der Waals surface area (Å²) in [4.78, 5) is 14.5. The largest absolute Gasteiger partial charge is 0.323 e. The highest BCUT2D eigenvalue weighted by Crippen LogP contribution is 2.62. The average molecular weight is 312 g/mol. The molecule has 5 aliphatic rings. The van der Waals surface area contributed by atoms with Crippen molar-refractivity contribution in [1.82, 2.24) is 4.90 Å². The van der Waals surface area contributed by atoms with Crippen LogP contribution in [0.25, 0.3) is 0 Å². The molecular weight excluding hydrogens is 284 g/mol. The Morgan fingerprint density at radius 3 is 2.04 bits per heavy atom. The van der Waals surface area contributed by atoms with Gasteiger partial charge in [0.15, 0.2) is 0 Å². The molecule has 0 aromatic heterocycles. The minimum Gasteiger partial charge on any atom is -0.323 e. The lowest BCUT2D eigenvalue weighted by Crippen LogP contribution is -2.53. The third-order valence-corrected chi connectivity index (χ3v) is 7.58. The van der Waals surface area contributed by atoms with E-state index in [2.05, 4.69) is 13.0 Å². The molecule has 23 heavy (non-hydrogen) atoms.